The summed E-state index contributed by atoms with van der Waals surface area (Å²) in [6, 6.07) is 0.424. The Morgan fingerprint density at radius 1 is 1.33 bits per heavy atom. The molecule has 2 fully saturated rings. The van der Waals surface area contributed by atoms with Gasteiger partial charge in [0.1, 0.15) is 0 Å². The van der Waals surface area contributed by atoms with Crippen LogP contribution in [0.4, 0.5) is 0 Å². The second kappa shape index (κ2) is 4.49. The summed E-state index contributed by atoms with van der Waals surface area (Å²) >= 11 is 0. The molecule has 0 atom stereocenters. The van der Waals surface area contributed by atoms with Crippen LogP contribution in [0.15, 0.2) is 0 Å². The molecule has 0 saturated heterocycles. The molecule has 0 unspecified atom stereocenters. The Labute approximate surface area is 90.4 Å². The minimum Gasteiger partial charge on any atom is -0.394 e. The lowest BCUT2D eigenvalue weighted by Gasteiger charge is -2.27. The van der Waals surface area contributed by atoms with Crippen molar-refractivity contribution in [2.75, 3.05) is 13.2 Å². The van der Waals surface area contributed by atoms with Crippen molar-refractivity contribution < 1.29 is 9.90 Å². The van der Waals surface area contributed by atoms with Gasteiger partial charge in [0.15, 0.2) is 0 Å². The molecular weight excluding hydrogens is 192 g/mol. The summed E-state index contributed by atoms with van der Waals surface area (Å²) in [7, 11) is 0. The fourth-order valence-electron chi connectivity index (χ4n) is 2.22. The zero-order valence-corrected chi connectivity index (χ0v) is 9.09. The van der Waals surface area contributed by atoms with Crippen molar-refractivity contribution in [3.63, 3.8) is 0 Å². The molecule has 0 aromatic carbocycles. The van der Waals surface area contributed by atoms with Gasteiger partial charge in [0, 0.05) is 11.6 Å². The third-order valence-electron chi connectivity index (χ3n) is 3.43. The zero-order chi connectivity index (χ0) is 10.7. The van der Waals surface area contributed by atoms with E-state index in [1.807, 2.05) is 0 Å². The molecule has 4 heteroatoms. The molecule has 3 N–H and O–H groups in total. The third kappa shape index (κ3) is 2.92. The summed E-state index contributed by atoms with van der Waals surface area (Å²) in [6.45, 7) is 0.487. The largest absolute Gasteiger partial charge is 0.394 e. The Hall–Kier alpha value is -0.610. The van der Waals surface area contributed by atoms with Crippen molar-refractivity contribution >= 4 is 5.91 Å². The first-order chi connectivity index (χ1) is 7.24. The summed E-state index contributed by atoms with van der Waals surface area (Å²) < 4.78 is 0. The highest BCUT2D eigenvalue weighted by molar-refractivity contribution is 5.78. The van der Waals surface area contributed by atoms with Gasteiger partial charge in [-0.25, -0.2) is 0 Å². The van der Waals surface area contributed by atoms with Crippen molar-refractivity contribution in [3.05, 3.63) is 0 Å². The highest BCUT2D eigenvalue weighted by atomic mass is 16.3. The highest BCUT2D eigenvalue weighted by Crippen LogP contribution is 2.28. The van der Waals surface area contributed by atoms with Crippen molar-refractivity contribution in [3.8, 4) is 0 Å². The molecule has 0 heterocycles. The van der Waals surface area contributed by atoms with Gasteiger partial charge < -0.3 is 15.7 Å². The van der Waals surface area contributed by atoms with Gasteiger partial charge in [-0.15, -0.1) is 0 Å². The van der Waals surface area contributed by atoms with Gasteiger partial charge in [-0.2, -0.15) is 0 Å². The van der Waals surface area contributed by atoms with E-state index in [1.54, 1.807) is 0 Å². The standard InChI is InChI=1S/C11H20N2O2/c14-8-11(5-1-2-6-11)12-7-10(15)13-9-3-4-9/h9,12,14H,1-8H2,(H,13,15). The molecule has 2 aliphatic carbocycles. The first kappa shape index (κ1) is 10.9. The number of aliphatic hydroxyl groups excluding tert-OH is 1. The van der Waals surface area contributed by atoms with E-state index < -0.39 is 0 Å². The Morgan fingerprint density at radius 2 is 2.00 bits per heavy atom. The molecular formula is C11H20N2O2. The lowest BCUT2D eigenvalue weighted by atomic mass is 9.99. The maximum Gasteiger partial charge on any atom is 0.234 e. The molecule has 0 aromatic rings. The fraction of sp³-hybridized carbons (Fsp3) is 0.909. The molecule has 2 saturated carbocycles. The molecule has 15 heavy (non-hydrogen) atoms. The SMILES string of the molecule is O=C(CNC1(CO)CCCC1)NC1CC1. The van der Waals surface area contributed by atoms with E-state index in [2.05, 4.69) is 10.6 Å². The van der Waals surface area contributed by atoms with Crippen LogP contribution in [0.5, 0.6) is 0 Å². The van der Waals surface area contributed by atoms with E-state index in [4.69, 9.17) is 0 Å². The minimum atomic E-state index is -0.180. The maximum absolute atomic E-state index is 11.5. The van der Waals surface area contributed by atoms with E-state index in [-0.39, 0.29) is 18.1 Å². The molecule has 86 valence electrons. The van der Waals surface area contributed by atoms with Crippen LogP contribution >= 0.6 is 0 Å². The van der Waals surface area contributed by atoms with E-state index in [0.29, 0.717) is 12.6 Å². The van der Waals surface area contributed by atoms with Gasteiger partial charge in [-0.3, -0.25) is 4.79 Å². The quantitative estimate of drug-likeness (QED) is 0.608. The maximum atomic E-state index is 11.5. The molecule has 2 aliphatic rings. The van der Waals surface area contributed by atoms with Gasteiger partial charge >= 0.3 is 0 Å². The second-order valence-corrected chi connectivity index (χ2v) is 4.84. The molecule has 0 aliphatic heterocycles. The van der Waals surface area contributed by atoms with Crippen molar-refractivity contribution in [1.29, 1.82) is 0 Å². The molecule has 0 spiro atoms. The van der Waals surface area contributed by atoms with E-state index >= 15 is 0 Å². The van der Waals surface area contributed by atoms with Crippen LogP contribution in [0.1, 0.15) is 38.5 Å². The third-order valence-corrected chi connectivity index (χ3v) is 3.43. The van der Waals surface area contributed by atoms with Gasteiger partial charge in [0.05, 0.1) is 13.2 Å². The van der Waals surface area contributed by atoms with Crippen LogP contribution in [0.2, 0.25) is 0 Å². The van der Waals surface area contributed by atoms with Gasteiger partial charge in [0.2, 0.25) is 5.91 Å². The van der Waals surface area contributed by atoms with Crippen molar-refractivity contribution in [2.24, 2.45) is 0 Å². The first-order valence-electron chi connectivity index (χ1n) is 5.89. The van der Waals surface area contributed by atoms with Crippen LogP contribution in [-0.2, 0) is 4.79 Å². The van der Waals surface area contributed by atoms with E-state index in [1.165, 1.54) is 0 Å². The lowest BCUT2D eigenvalue weighted by Crippen LogP contribution is -2.50. The number of carbonyl (C=O) groups excluding carboxylic acids is 1. The van der Waals surface area contributed by atoms with Gasteiger partial charge in [-0.1, -0.05) is 12.8 Å². The van der Waals surface area contributed by atoms with Crippen molar-refractivity contribution in [1.82, 2.24) is 10.6 Å². The number of aliphatic hydroxyl groups is 1. The number of rotatable bonds is 5. The van der Waals surface area contributed by atoms with Crippen LogP contribution in [0.3, 0.4) is 0 Å². The normalized spacial score (nSPS) is 24.1. The number of hydrogen-bond acceptors (Lipinski definition) is 3. The molecule has 0 bridgehead atoms. The molecule has 1 amide bonds. The predicted molar refractivity (Wildman–Crippen MR) is 57.5 cm³/mol. The molecule has 4 nitrogen and oxygen atoms in total. The Balaban J connectivity index is 1.72. The number of nitrogens with one attached hydrogen (secondary N) is 2. The first-order valence-corrected chi connectivity index (χ1v) is 5.89. The number of amides is 1. The molecule has 0 radical (unpaired) electrons. The average molecular weight is 212 g/mol. The van der Waals surface area contributed by atoms with Crippen LogP contribution in [0, 0.1) is 0 Å². The summed E-state index contributed by atoms with van der Waals surface area (Å²) in [6.07, 6.45) is 6.52. The smallest absolute Gasteiger partial charge is 0.234 e. The van der Waals surface area contributed by atoms with Crippen LogP contribution < -0.4 is 10.6 Å². The van der Waals surface area contributed by atoms with Crippen LogP contribution in [0.25, 0.3) is 0 Å². The van der Waals surface area contributed by atoms with E-state index in [9.17, 15) is 9.90 Å². The topological polar surface area (TPSA) is 61.4 Å². The van der Waals surface area contributed by atoms with Crippen molar-refractivity contribution in [2.45, 2.75) is 50.1 Å². The van der Waals surface area contributed by atoms with Gasteiger partial charge in [-0.05, 0) is 25.7 Å². The monoisotopic (exact) mass is 212 g/mol. The van der Waals surface area contributed by atoms with Gasteiger partial charge in [0.25, 0.3) is 0 Å². The lowest BCUT2D eigenvalue weighted by molar-refractivity contribution is -0.120. The minimum absolute atomic E-state index is 0.0669. The predicted octanol–water partition coefficient (Wildman–Crippen LogP) is 0.160. The Bertz CT molecular complexity index is 233. The Morgan fingerprint density at radius 3 is 2.53 bits per heavy atom. The number of hydrogen-bond donors (Lipinski definition) is 3. The Kier molecular flexibility index (Phi) is 3.26. The summed E-state index contributed by atoms with van der Waals surface area (Å²) in [5.41, 5.74) is -0.180. The fourth-order valence-corrected chi connectivity index (χ4v) is 2.22. The second-order valence-electron chi connectivity index (χ2n) is 4.84. The summed E-state index contributed by atoms with van der Waals surface area (Å²) in [4.78, 5) is 11.5. The van der Waals surface area contributed by atoms with Crippen LogP contribution in [-0.4, -0.2) is 35.7 Å². The van der Waals surface area contributed by atoms with E-state index in [0.717, 1.165) is 38.5 Å². The number of carbonyl (C=O) groups is 1. The summed E-state index contributed by atoms with van der Waals surface area (Å²) in [5.74, 6) is 0.0669. The summed E-state index contributed by atoms with van der Waals surface area (Å²) in [5, 5.41) is 15.5. The highest BCUT2D eigenvalue weighted by Gasteiger charge is 2.33. The zero-order valence-electron chi connectivity index (χ0n) is 9.09. The molecule has 2 rings (SSSR count). The average Bonchev–Trinajstić information content (AvgIpc) is 2.93. The molecule has 0 aromatic heterocycles.